The number of amides is 3. The van der Waals surface area contributed by atoms with E-state index in [-0.39, 0.29) is 47.8 Å². The molecule has 4 aromatic rings. The van der Waals surface area contributed by atoms with Gasteiger partial charge >= 0.3 is 6.09 Å². The van der Waals surface area contributed by atoms with Gasteiger partial charge in [0.2, 0.25) is 11.7 Å². The third kappa shape index (κ3) is 12.1. The van der Waals surface area contributed by atoms with E-state index in [9.17, 15) is 19.5 Å². The van der Waals surface area contributed by atoms with Crippen LogP contribution in [0.2, 0.25) is 0 Å². The minimum atomic E-state index is -0.707. The number of benzene rings is 3. The van der Waals surface area contributed by atoms with Crippen LogP contribution in [-0.4, -0.2) is 87.3 Å². The predicted molar refractivity (Wildman–Crippen MR) is 217 cm³/mol. The van der Waals surface area contributed by atoms with Crippen LogP contribution in [-0.2, 0) is 20.7 Å². The van der Waals surface area contributed by atoms with Crippen molar-refractivity contribution in [2.45, 2.75) is 103 Å². The first kappa shape index (κ1) is 42.4. The molecule has 3 unspecified atom stereocenters. The lowest BCUT2D eigenvalue weighted by Gasteiger charge is -2.29. The topological polar surface area (TPSA) is 192 Å². The lowest BCUT2D eigenvalue weighted by Crippen LogP contribution is -2.43. The fourth-order valence-electron chi connectivity index (χ4n) is 7.61. The Hall–Kier alpha value is -5.25. The van der Waals surface area contributed by atoms with E-state index in [1.165, 1.54) is 12.1 Å². The molecule has 0 saturated heterocycles. The Bertz CT molecular complexity index is 2000. The summed E-state index contributed by atoms with van der Waals surface area (Å²) in [6.07, 6.45) is 5.54. The molecule has 58 heavy (non-hydrogen) atoms. The number of nitrogens with zero attached hydrogens (tertiary/aromatic N) is 3. The largest absolute Gasteiger partial charge is 0.444 e. The average Bonchev–Trinajstić information content (AvgIpc) is 3.87. The Morgan fingerprint density at radius 1 is 0.948 bits per heavy atom. The first-order chi connectivity index (χ1) is 27.8. The maximum absolute atomic E-state index is 15.0. The van der Waals surface area contributed by atoms with Crippen LogP contribution in [0.1, 0.15) is 87.2 Å². The molecule has 3 amide bonds. The molecule has 3 aromatic carbocycles. The summed E-state index contributed by atoms with van der Waals surface area (Å²) in [4.78, 5) is 38.7. The van der Waals surface area contributed by atoms with Crippen LogP contribution in [0.5, 0.6) is 0 Å². The predicted octanol–water partition coefficient (Wildman–Crippen LogP) is 6.07. The van der Waals surface area contributed by atoms with Gasteiger partial charge in [0.1, 0.15) is 11.4 Å². The standard InChI is InChI=1S/C43H55FN8O6/c1-26-19-31(40(54)47-32-14-16-34(53)21-32)13-17-35(26)30-11-9-27(10-12-30)20-38(41(55)48-33-15-18-36(37(44)22-33)39-49-51-52-50-39)46-25-57-24-29-7-5-28(6-8-29)23-45-42(56)58-43(2,3)4/h9-13,15,17-19,22,28-29,32,34,38,46,53H,5-8,14,16,20-21,23-25H2,1-4H3,(H,45,56)(H,47,54)(H,48,55)(H,49,50,51,52). The van der Waals surface area contributed by atoms with Gasteiger partial charge in [0, 0.05) is 23.8 Å². The van der Waals surface area contributed by atoms with Crippen molar-refractivity contribution in [1.29, 1.82) is 0 Å². The number of carbonyl (C=O) groups excluding carboxylic acids is 3. The number of aliphatic hydroxyl groups excluding tert-OH is 1. The van der Waals surface area contributed by atoms with Crippen LogP contribution in [0, 0.1) is 24.6 Å². The van der Waals surface area contributed by atoms with E-state index in [4.69, 9.17) is 9.47 Å². The summed E-state index contributed by atoms with van der Waals surface area (Å²) in [5, 5.41) is 35.3. The number of rotatable bonds is 15. The van der Waals surface area contributed by atoms with Gasteiger partial charge in [0.15, 0.2) is 0 Å². The average molecular weight is 799 g/mol. The smallest absolute Gasteiger partial charge is 0.407 e. The van der Waals surface area contributed by atoms with E-state index in [0.717, 1.165) is 54.4 Å². The normalized spacial score (nSPS) is 20.0. The van der Waals surface area contributed by atoms with E-state index < -0.39 is 23.6 Å². The molecular formula is C43H55FN8O6. The molecule has 3 atom stereocenters. The molecule has 6 rings (SSSR count). The highest BCUT2D eigenvalue weighted by atomic mass is 19.1. The molecule has 0 aliphatic heterocycles. The molecule has 0 bridgehead atoms. The molecule has 2 saturated carbocycles. The number of halogens is 1. The highest BCUT2D eigenvalue weighted by molar-refractivity contribution is 5.96. The summed E-state index contributed by atoms with van der Waals surface area (Å²) in [6, 6.07) is 17.1. The first-order valence-corrected chi connectivity index (χ1v) is 20.1. The van der Waals surface area contributed by atoms with Gasteiger partial charge in [0.05, 0.1) is 31.0 Å². The van der Waals surface area contributed by atoms with E-state index in [1.54, 1.807) is 6.07 Å². The van der Waals surface area contributed by atoms with Crippen molar-refractivity contribution in [3.63, 3.8) is 0 Å². The van der Waals surface area contributed by atoms with E-state index in [2.05, 4.69) is 41.9 Å². The number of aryl methyl sites for hydroxylation is 1. The quantitative estimate of drug-likeness (QED) is 0.0608. The van der Waals surface area contributed by atoms with Crippen molar-refractivity contribution in [2.24, 2.45) is 11.8 Å². The van der Waals surface area contributed by atoms with Crippen molar-refractivity contribution in [3.05, 3.63) is 83.2 Å². The Kier molecular flexibility index (Phi) is 14.2. The lowest BCUT2D eigenvalue weighted by molar-refractivity contribution is -0.118. The Morgan fingerprint density at radius 3 is 2.34 bits per heavy atom. The number of H-pyrrole nitrogens is 1. The molecule has 0 spiro atoms. The van der Waals surface area contributed by atoms with Gasteiger partial charge in [-0.2, -0.15) is 5.21 Å². The molecule has 1 heterocycles. The Labute approximate surface area is 338 Å². The van der Waals surface area contributed by atoms with Crippen LogP contribution in [0.4, 0.5) is 14.9 Å². The van der Waals surface area contributed by atoms with Gasteiger partial charge in [-0.3, -0.25) is 14.9 Å². The molecular weight excluding hydrogens is 744 g/mol. The number of hydrogen-bond donors (Lipinski definition) is 6. The van der Waals surface area contributed by atoms with Crippen molar-refractivity contribution in [2.75, 3.05) is 25.2 Å². The van der Waals surface area contributed by atoms with Crippen molar-refractivity contribution < 1.29 is 33.4 Å². The highest BCUT2D eigenvalue weighted by Crippen LogP contribution is 2.29. The van der Waals surface area contributed by atoms with Gasteiger partial charge in [-0.15, -0.1) is 10.2 Å². The third-order valence-electron chi connectivity index (χ3n) is 10.8. The van der Waals surface area contributed by atoms with Crippen molar-refractivity contribution in [3.8, 4) is 22.5 Å². The number of carbonyl (C=O) groups is 3. The summed E-state index contributed by atoms with van der Waals surface area (Å²) < 4.78 is 26.4. The summed E-state index contributed by atoms with van der Waals surface area (Å²) in [5.41, 5.74) is 4.29. The van der Waals surface area contributed by atoms with Gasteiger partial charge in [-0.1, -0.05) is 30.3 Å². The van der Waals surface area contributed by atoms with Crippen LogP contribution < -0.4 is 21.3 Å². The molecule has 15 heteroatoms. The summed E-state index contributed by atoms with van der Waals surface area (Å²) in [7, 11) is 0. The van der Waals surface area contributed by atoms with Crippen LogP contribution in [0.25, 0.3) is 22.5 Å². The van der Waals surface area contributed by atoms with E-state index in [0.29, 0.717) is 49.8 Å². The minimum absolute atomic E-state index is 0.0148. The first-order valence-electron chi connectivity index (χ1n) is 20.1. The zero-order valence-electron chi connectivity index (χ0n) is 33.6. The zero-order chi connectivity index (χ0) is 41.2. The fraction of sp³-hybridized carbons (Fsp3) is 0.488. The van der Waals surface area contributed by atoms with Crippen LogP contribution >= 0.6 is 0 Å². The van der Waals surface area contributed by atoms with Gasteiger partial charge in [-0.05, 0) is 149 Å². The maximum atomic E-state index is 15.0. The Balaban J connectivity index is 1.05. The van der Waals surface area contributed by atoms with E-state index >= 15 is 4.39 Å². The summed E-state index contributed by atoms with van der Waals surface area (Å²) in [5.74, 6) is -0.232. The zero-order valence-corrected chi connectivity index (χ0v) is 33.6. The van der Waals surface area contributed by atoms with E-state index in [1.807, 2.05) is 70.2 Å². The number of ether oxygens (including phenoxy) is 2. The van der Waals surface area contributed by atoms with Gasteiger partial charge < -0.3 is 30.5 Å². The molecule has 1 aromatic heterocycles. The number of anilines is 1. The number of alkyl carbamates (subject to hydrolysis) is 1. The number of aliphatic hydroxyl groups is 1. The molecule has 2 fully saturated rings. The monoisotopic (exact) mass is 798 g/mol. The maximum Gasteiger partial charge on any atom is 0.407 e. The summed E-state index contributed by atoms with van der Waals surface area (Å²) in [6.45, 7) is 8.76. The number of tetrazole rings is 1. The third-order valence-corrected chi connectivity index (χ3v) is 10.8. The summed E-state index contributed by atoms with van der Waals surface area (Å²) >= 11 is 0. The lowest BCUT2D eigenvalue weighted by atomic mass is 9.82. The number of hydrogen-bond acceptors (Lipinski definition) is 10. The number of aromatic amines is 1. The molecule has 2 aliphatic carbocycles. The van der Waals surface area contributed by atoms with Crippen LogP contribution in [0.3, 0.4) is 0 Å². The number of aromatic nitrogens is 4. The fourth-order valence-corrected chi connectivity index (χ4v) is 7.61. The second-order valence-corrected chi connectivity index (χ2v) is 16.5. The molecule has 310 valence electrons. The molecule has 0 radical (unpaired) electrons. The minimum Gasteiger partial charge on any atom is -0.444 e. The Morgan fingerprint density at radius 2 is 1.69 bits per heavy atom. The molecule has 2 aliphatic rings. The SMILES string of the molecule is Cc1cc(C(=O)NC2CCC(O)C2)ccc1-c1ccc(CC(NCOCC2CCC(CNC(=O)OC(C)(C)C)CC2)C(=O)Nc2ccc(-c3nn[nH]n3)c(F)c2)cc1. The van der Waals surface area contributed by atoms with Crippen molar-refractivity contribution >= 4 is 23.6 Å². The van der Waals surface area contributed by atoms with Gasteiger partial charge in [-0.25, -0.2) is 9.18 Å². The number of nitrogens with one attached hydrogen (secondary N) is 5. The second kappa shape index (κ2) is 19.5. The molecule has 6 N–H and O–H groups in total. The van der Waals surface area contributed by atoms with Crippen LogP contribution in [0.15, 0.2) is 60.7 Å². The van der Waals surface area contributed by atoms with Crippen molar-refractivity contribution in [1.82, 2.24) is 36.6 Å². The molecule has 14 nitrogen and oxygen atoms in total. The highest BCUT2D eigenvalue weighted by Gasteiger charge is 2.26. The van der Waals surface area contributed by atoms with Gasteiger partial charge in [0.25, 0.3) is 5.91 Å². The second-order valence-electron chi connectivity index (χ2n) is 16.5.